The number of aromatic amines is 1. The molecule has 3 aromatic rings. The van der Waals surface area contributed by atoms with Gasteiger partial charge < -0.3 is 10.3 Å². The Balaban J connectivity index is 2.15. The normalized spacial score (nSPS) is 10.2. The Morgan fingerprint density at radius 3 is 2.67 bits per heavy atom. The van der Waals surface area contributed by atoms with Gasteiger partial charge in [0.25, 0.3) is 5.91 Å². The molecule has 6 heteroatoms. The zero-order chi connectivity index (χ0) is 19.4. The summed E-state index contributed by atoms with van der Waals surface area (Å²) >= 11 is 0. The van der Waals surface area contributed by atoms with Crippen LogP contribution in [-0.2, 0) is 4.79 Å². The van der Waals surface area contributed by atoms with Gasteiger partial charge >= 0.3 is 0 Å². The Bertz CT molecular complexity index is 1130. The number of benzene rings is 2. The maximum atomic E-state index is 13.3. The van der Waals surface area contributed by atoms with Crippen LogP contribution in [0.5, 0.6) is 0 Å². The molecule has 134 valence electrons. The topological polar surface area (TPSA) is 82.3 Å². The fourth-order valence-electron chi connectivity index (χ4n) is 2.79. The lowest BCUT2D eigenvalue weighted by molar-refractivity contribution is -0.119. The van der Waals surface area contributed by atoms with Crippen molar-refractivity contribution in [3.63, 3.8) is 0 Å². The number of carbonyl (C=O) groups excluding carboxylic acids is 2. The number of amides is 2. The van der Waals surface area contributed by atoms with Crippen molar-refractivity contribution in [2.45, 2.75) is 0 Å². The highest BCUT2D eigenvalue weighted by Crippen LogP contribution is 2.22. The predicted molar refractivity (Wildman–Crippen MR) is 105 cm³/mol. The van der Waals surface area contributed by atoms with Crippen LogP contribution in [0.2, 0.25) is 0 Å². The van der Waals surface area contributed by atoms with Gasteiger partial charge in [0.2, 0.25) is 11.5 Å². The van der Waals surface area contributed by atoms with Gasteiger partial charge in [-0.3, -0.25) is 19.3 Å². The molecule has 6 nitrogen and oxygen atoms in total. The predicted octanol–water partition coefficient (Wildman–Crippen LogP) is 1.90. The molecule has 0 bridgehead atoms. The van der Waals surface area contributed by atoms with Crippen molar-refractivity contribution in [2.75, 3.05) is 18.5 Å². The minimum Gasteiger partial charge on any atom is -0.358 e. The summed E-state index contributed by atoms with van der Waals surface area (Å²) in [5.41, 5.74) is 1.42. The first-order valence-electron chi connectivity index (χ1n) is 8.24. The number of pyridine rings is 1. The second kappa shape index (κ2) is 7.58. The van der Waals surface area contributed by atoms with Gasteiger partial charge in [0.05, 0.1) is 5.56 Å². The minimum atomic E-state index is -0.463. The van der Waals surface area contributed by atoms with Crippen LogP contribution >= 0.6 is 0 Å². The van der Waals surface area contributed by atoms with Crippen molar-refractivity contribution in [1.29, 1.82) is 0 Å². The largest absolute Gasteiger partial charge is 0.358 e. The van der Waals surface area contributed by atoms with E-state index in [2.05, 4.69) is 16.2 Å². The summed E-state index contributed by atoms with van der Waals surface area (Å²) in [5, 5.41) is 3.10. The quantitative estimate of drug-likeness (QED) is 0.698. The van der Waals surface area contributed by atoms with Crippen molar-refractivity contribution < 1.29 is 9.59 Å². The monoisotopic (exact) mass is 359 g/mol. The number of aromatic nitrogens is 1. The molecule has 0 aliphatic carbocycles. The van der Waals surface area contributed by atoms with Gasteiger partial charge in [-0.25, -0.2) is 0 Å². The minimum absolute atomic E-state index is 0.204. The lowest BCUT2D eigenvalue weighted by atomic mass is 10.1. The van der Waals surface area contributed by atoms with E-state index in [-0.39, 0.29) is 18.0 Å². The summed E-state index contributed by atoms with van der Waals surface area (Å²) in [6.07, 6.45) is 5.45. The number of nitrogens with zero attached hydrogens (tertiary/aromatic N) is 1. The second-order valence-corrected chi connectivity index (χ2v) is 5.85. The molecule has 2 aromatic carbocycles. The van der Waals surface area contributed by atoms with Gasteiger partial charge in [-0.1, -0.05) is 30.2 Å². The summed E-state index contributed by atoms with van der Waals surface area (Å²) < 4.78 is 0. The van der Waals surface area contributed by atoms with E-state index in [4.69, 9.17) is 6.42 Å². The number of terminal acetylenes is 1. The third kappa shape index (κ3) is 3.72. The molecule has 0 aliphatic rings. The number of fused-ring (bicyclic) bond motifs is 1. The van der Waals surface area contributed by atoms with E-state index >= 15 is 0 Å². The smallest absolute Gasteiger partial charge is 0.259 e. The van der Waals surface area contributed by atoms with Gasteiger partial charge in [0, 0.05) is 35.3 Å². The van der Waals surface area contributed by atoms with Crippen LogP contribution in [0.3, 0.4) is 0 Å². The Morgan fingerprint density at radius 2 is 1.93 bits per heavy atom. The Kier molecular flexibility index (Phi) is 5.04. The highest BCUT2D eigenvalue weighted by atomic mass is 16.2. The molecule has 0 saturated carbocycles. The highest BCUT2D eigenvalue weighted by molar-refractivity contribution is 6.15. The van der Waals surface area contributed by atoms with Gasteiger partial charge in [-0.2, -0.15) is 0 Å². The van der Waals surface area contributed by atoms with E-state index in [0.717, 1.165) is 0 Å². The van der Waals surface area contributed by atoms with Crippen LogP contribution in [0.4, 0.5) is 5.69 Å². The number of anilines is 1. The average Bonchev–Trinajstić information content (AvgIpc) is 2.70. The molecule has 1 heterocycles. The molecule has 2 amide bonds. The molecule has 0 spiro atoms. The maximum Gasteiger partial charge on any atom is 0.259 e. The first-order valence-corrected chi connectivity index (χ1v) is 8.24. The number of hydrogen-bond donors (Lipinski definition) is 2. The van der Waals surface area contributed by atoms with Gasteiger partial charge in [-0.15, -0.1) is 6.42 Å². The molecule has 0 saturated heterocycles. The third-order valence-electron chi connectivity index (χ3n) is 4.13. The molecule has 0 fully saturated rings. The van der Waals surface area contributed by atoms with Crippen molar-refractivity contribution in [3.05, 3.63) is 76.1 Å². The lowest BCUT2D eigenvalue weighted by Crippen LogP contribution is -2.40. The Labute approximate surface area is 155 Å². The molecule has 0 aliphatic heterocycles. The van der Waals surface area contributed by atoms with Gasteiger partial charge in [-0.05, 0) is 24.3 Å². The number of rotatable bonds is 4. The van der Waals surface area contributed by atoms with E-state index in [1.165, 1.54) is 18.0 Å². The number of para-hydroxylation sites is 1. The van der Waals surface area contributed by atoms with Gasteiger partial charge in [0.1, 0.15) is 6.54 Å². The van der Waals surface area contributed by atoms with Crippen molar-refractivity contribution in [2.24, 2.45) is 0 Å². The van der Waals surface area contributed by atoms with Crippen LogP contribution in [0.15, 0.2) is 59.4 Å². The maximum absolute atomic E-state index is 13.3. The molecule has 0 atom stereocenters. The van der Waals surface area contributed by atoms with E-state index in [1.54, 1.807) is 48.5 Å². The van der Waals surface area contributed by atoms with Crippen molar-refractivity contribution in [3.8, 4) is 12.3 Å². The average molecular weight is 359 g/mol. The summed E-state index contributed by atoms with van der Waals surface area (Å²) in [4.78, 5) is 41.3. The van der Waals surface area contributed by atoms with Crippen LogP contribution in [0.1, 0.15) is 15.9 Å². The van der Waals surface area contributed by atoms with Crippen LogP contribution in [-0.4, -0.2) is 30.4 Å². The van der Waals surface area contributed by atoms with Gasteiger partial charge in [0.15, 0.2) is 0 Å². The molecule has 2 N–H and O–H groups in total. The molecular formula is C21H17N3O3. The fourth-order valence-corrected chi connectivity index (χ4v) is 2.79. The van der Waals surface area contributed by atoms with E-state index < -0.39 is 11.5 Å². The summed E-state index contributed by atoms with van der Waals surface area (Å²) in [6, 6.07) is 15.0. The molecule has 3 rings (SSSR count). The molecule has 0 unspecified atom stereocenters. The van der Waals surface area contributed by atoms with Crippen LogP contribution in [0.25, 0.3) is 10.9 Å². The third-order valence-corrected chi connectivity index (χ3v) is 4.13. The van der Waals surface area contributed by atoms with E-state index in [1.807, 2.05) is 0 Å². The number of H-pyrrole nitrogens is 1. The number of hydrogen-bond acceptors (Lipinski definition) is 3. The molecule has 27 heavy (non-hydrogen) atoms. The van der Waals surface area contributed by atoms with E-state index in [9.17, 15) is 14.4 Å². The highest BCUT2D eigenvalue weighted by Gasteiger charge is 2.23. The Morgan fingerprint density at radius 1 is 1.15 bits per heavy atom. The standard InChI is InChI=1S/C21H17N3O3/c1-3-14-7-6-8-15(11-14)24(13-20(26)22-2)21(27)17-12-19(25)23-18-10-5-4-9-16(17)18/h1,4-12H,13H2,2H3,(H,22,26)(H,23,25). The number of carbonyl (C=O) groups is 2. The zero-order valence-electron chi connectivity index (χ0n) is 14.7. The molecule has 0 radical (unpaired) electrons. The fraction of sp³-hybridized carbons (Fsp3) is 0.0952. The Hall–Kier alpha value is -3.85. The van der Waals surface area contributed by atoms with Crippen LogP contribution in [0, 0.1) is 12.3 Å². The van der Waals surface area contributed by atoms with E-state index in [0.29, 0.717) is 22.2 Å². The summed E-state index contributed by atoms with van der Waals surface area (Å²) in [6.45, 7) is -0.204. The SMILES string of the molecule is C#Cc1cccc(N(CC(=O)NC)C(=O)c2cc(=O)[nH]c3ccccc23)c1. The molecule has 1 aromatic heterocycles. The van der Waals surface area contributed by atoms with Crippen molar-refractivity contribution >= 4 is 28.4 Å². The summed E-state index contributed by atoms with van der Waals surface area (Å²) in [7, 11) is 1.49. The van der Waals surface area contributed by atoms with Crippen molar-refractivity contribution in [1.82, 2.24) is 10.3 Å². The zero-order valence-corrected chi connectivity index (χ0v) is 14.7. The second-order valence-electron chi connectivity index (χ2n) is 5.85. The number of nitrogens with one attached hydrogen (secondary N) is 2. The first-order chi connectivity index (χ1) is 13.0. The lowest BCUT2D eigenvalue weighted by Gasteiger charge is -2.23. The van der Waals surface area contributed by atoms with Crippen LogP contribution < -0.4 is 15.8 Å². The molecular weight excluding hydrogens is 342 g/mol. The summed E-state index contributed by atoms with van der Waals surface area (Å²) in [5.74, 6) is 1.71. The first kappa shape index (κ1) is 18.0. The number of likely N-dealkylation sites (N-methyl/N-ethyl adjacent to an activating group) is 1.